The number of pyridine rings is 1. The third kappa shape index (κ3) is 3.47. The number of aromatic nitrogens is 3. The minimum absolute atomic E-state index is 0.154. The molecule has 1 aliphatic carbocycles. The molecule has 0 atom stereocenters. The van der Waals surface area contributed by atoms with Gasteiger partial charge in [-0.05, 0) is 31.0 Å². The molecule has 8 nitrogen and oxygen atoms in total. The number of carbonyl (C=O) groups excluding carboxylic acids is 1. The van der Waals surface area contributed by atoms with Gasteiger partial charge in [-0.1, -0.05) is 0 Å². The maximum Gasteiger partial charge on any atom is 0.319 e. The zero-order chi connectivity index (χ0) is 21.5. The molecule has 0 unspecified atom stereocenters. The van der Waals surface area contributed by atoms with Crippen molar-refractivity contribution in [2.24, 2.45) is 12.5 Å². The zero-order valence-electron chi connectivity index (χ0n) is 15.7. The van der Waals surface area contributed by atoms with Gasteiger partial charge in [-0.25, -0.2) is 4.39 Å². The number of aliphatic carboxylic acids is 1. The van der Waals surface area contributed by atoms with Crippen LogP contribution in [0, 0.1) is 17.0 Å². The Morgan fingerprint density at radius 3 is 2.63 bits per heavy atom. The Labute approximate surface area is 169 Å². The van der Waals surface area contributed by atoms with Crippen molar-refractivity contribution in [1.29, 1.82) is 0 Å². The molecular formula is C20H16F2N4O4. The van der Waals surface area contributed by atoms with Crippen molar-refractivity contribution in [2.75, 3.05) is 5.32 Å². The highest BCUT2D eigenvalue weighted by atomic mass is 19.2. The molecular weight excluding hydrogens is 398 g/mol. The largest absolute Gasteiger partial charge is 0.480 e. The molecule has 30 heavy (non-hydrogen) atoms. The summed E-state index contributed by atoms with van der Waals surface area (Å²) in [5, 5.41) is 15.3. The molecule has 2 N–H and O–H groups in total. The van der Waals surface area contributed by atoms with Crippen LogP contribution in [0.2, 0.25) is 0 Å². The van der Waals surface area contributed by atoms with E-state index in [0.717, 1.165) is 17.7 Å². The van der Waals surface area contributed by atoms with E-state index in [9.17, 15) is 18.4 Å². The Balaban J connectivity index is 1.54. The van der Waals surface area contributed by atoms with Gasteiger partial charge in [0.25, 0.3) is 0 Å². The average molecular weight is 414 g/mol. The SMILES string of the molecule is Cn1cc(-c2cc(Oc3ccc(NC(=O)C4(C(=O)O)CC4)c(F)c3F)ccn2)cn1. The second-order valence-electron chi connectivity index (χ2n) is 6.96. The Morgan fingerprint density at radius 2 is 2.00 bits per heavy atom. The number of rotatable bonds is 6. The van der Waals surface area contributed by atoms with Gasteiger partial charge in [-0.15, -0.1) is 0 Å². The van der Waals surface area contributed by atoms with Gasteiger partial charge in [-0.2, -0.15) is 9.49 Å². The van der Waals surface area contributed by atoms with Crippen LogP contribution in [0.4, 0.5) is 14.5 Å². The number of hydrogen-bond acceptors (Lipinski definition) is 5. The topological polar surface area (TPSA) is 106 Å². The molecule has 154 valence electrons. The van der Waals surface area contributed by atoms with E-state index < -0.39 is 40.4 Å². The van der Waals surface area contributed by atoms with Gasteiger partial charge in [0, 0.05) is 31.1 Å². The number of aryl methyl sites for hydroxylation is 1. The molecule has 1 aromatic carbocycles. The smallest absolute Gasteiger partial charge is 0.319 e. The summed E-state index contributed by atoms with van der Waals surface area (Å²) in [5.74, 6) is -4.99. The Hall–Kier alpha value is -3.82. The van der Waals surface area contributed by atoms with Crippen molar-refractivity contribution in [3.8, 4) is 22.8 Å². The third-order valence-electron chi connectivity index (χ3n) is 4.85. The standard InChI is InChI=1S/C20H16F2N4O4/c1-26-10-11(9-24-26)14-8-12(4-7-23-14)30-15-3-2-13(16(21)17(15)22)25-18(27)20(5-6-20)19(28)29/h2-4,7-10H,5-6H2,1H3,(H,25,27)(H,28,29). The number of nitrogens with zero attached hydrogens (tertiary/aromatic N) is 3. The molecule has 1 amide bonds. The highest BCUT2D eigenvalue weighted by Crippen LogP contribution is 2.47. The molecule has 4 rings (SSSR count). The van der Waals surface area contributed by atoms with Crippen LogP contribution in [0.5, 0.6) is 11.5 Å². The highest BCUT2D eigenvalue weighted by molar-refractivity contribution is 6.10. The predicted octanol–water partition coefficient (Wildman–Crippen LogP) is 3.36. The van der Waals surface area contributed by atoms with Crippen molar-refractivity contribution in [2.45, 2.75) is 12.8 Å². The lowest BCUT2D eigenvalue weighted by atomic mass is 10.1. The number of anilines is 1. The zero-order valence-corrected chi connectivity index (χ0v) is 15.7. The summed E-state index contributed by atoms with van der Waals surface area (Å²) in [5.41, 5.74) is -0.769. The maximum atomic E-state index is 14.5. The maximum absolute atomic E-state index is 14.5. The molecule has 0 aliphatic heterocycles. The lowest BCUT2D eigenvalue weighted by Gasteiger charge is -2.13. The number of hydrogen-bond donors (Lipinski definition) is 2. The first-order chi connectivity index (χ1) is 14.3. The number of benzene rings is 1. The number of carboxylic acids is 1. The first-order valence-corrected chi connectivity index (χ1v) is 8.96. The molecule has 1 aliphatic rings. The number of amides is 1. The Morgan fingerprint density at radius 1 is 1.23 bits per heavy atom. The van der Waals surface area contributed by atoms with Crippen molar-refractivity contribution < 1.29 is 28.2 Å². The van der Waals surface area contributed by atoms with Crippen LogP contribution in [0.3, 0.4) is 0 Å². The van der Waals surface area contributed by atoms with E-state index in [1.165, 1.54) is 12.3 Å². The summed E-state index contributed by atoms with van der Waals surface area (Å²) in [7, 11) is 1.75. The summed E-state index contributed by atoms with van der Waals surface area (Å²) in [6.45, 7) is 0. The number of halogens is 2. The quantitative estimate of drug-likeness (QED) is 0.599. The number of carboxylic acid groups (broad SMARTS) is 1. The van der Waals surface area contributed by atoms with Crippen molar-refractivity contribution in [3.05, 3.63) is 54.5 Å². The molecule has 10 heteroatoms. The number of ether oxygens (including phenoxy) is 1. The van der Waals surface area contributed by atoms with Crippen LogP contribution in [0.25, 0.3) is 11.3 Å². The van der Waals surface area contributed by atoms with E-state index in [4.69, 9.17) is 9.84 Å². The van der Waals surface area contributed by atoms with Crippen molar-refractivity contribution in [3.63, 3.8) is 0 Å². The van der Waals surface area contributed by atoms with Crippen molar-refractivity contribution in [1.82, 2.24) is 14.8 Å². The second kappa shape index (κ2) is 7.21. The van der Waals surface area contributed by atoms with Crippen LogP contribution in [-0.2, 0) is 16.6 Å². The van der Waals surface area contributed by atoms with Gasteiger partial charge in [0.15, 0.2) is 11.6 Å². The number of carbonyl (C=O) groups is 2. The van der Waals surface area contributed by atoms with Gasteiger partial charge in [0.05, 0.1) is 17.6 Å². The van der Waals surface area contributed by atoms with E-state index in [2.05, 4.69) is 15.4 Å². The minimum atomic E-state index is -1.57. The highest BCUT2D eigenvalue weighted by Gasteiger charge is 2.57. The predicted molar refractivity (Wildman–Crippen MR) is 101 cm³/mol. The molecule has 0 spiro atoms. The summed E-state index contributed by atoms with van der Waals surface area (Å²) < 4.78 is 36.0. The van der Waals surface area contributed by atoms with E-state index in [0.29, 0.717) is 5.69 Å². The summed E-state index contributed by atoms with van der Waals surface area (Å²) in [6, 6.07) is 5.30. The lowest BCUT2D eigenvalue weighted by molar-refractivity contribution is -0.147. The Kier molecular flexibility index (Phi) is 4.69. The van der Waals surface area contributed by atoms with E-state index in [1.807, 2.05) is 0 Å². The monoisotopic (exact) mass is 414 g/mol. The molecule has 3 aromatic rings. The first kappa shape index (κ1) is 19.5. The van der Waals surface area contributed by atoms with E-state index in [-0.39, 0.29) is 18.6 Å². The fraction of sp³-hybridized carbons (Fsp3) is 0.200. The van der Waals surface area contributed by atoms with Crippen LogP contribution in [-0.4, -0.2) is 31.7 Å². The Bertz CT molecular complexity index is 1160. The summed E-state index contributed by atoms with van der Waals surface area (Å²) >= 11 is 0. The first-order valence-electron chi connectivity index (χ1n) is 8.96. The average Bonchev–Trinajstić information content (AvgIpc) is 3.43. The van der Waals surface area contributed by atoms with E-state index >= 15 is 0 Å². The van der Waals surface area contributed by atoms with E-state index in [1.54, 1.807) is 30.2 Å². The molecule has 2 heterocycles. The molecule has 0 radical (unpaired) electrons. The fourth-order valence-electron chi connectivity index (χ4n) is 2.93. The van der Waals surface area contributed by atoms with Gasteiger partial charge < -0.3 is 15.2 Å². The normalized spacial score (nSPS) is 14.2. The molecule has 1 fully saturated rings. The molecule has 0 bridgehead atoms. The third-order valence-corrected chi connectivity index (χ3v) is 4.85. The number of nitrogens with one attached hydrogen (secondary N) is 1. The summed E-state index contributed by atoms with van der Waals surface area (Å²) in [4.78, 5) is 27.5. The molecule has 1 saturated carbocycles. The summed E-state index contributed by atoms with van der Waals surface area (Å²) in [6.07, 6.45) is 5.12. The fourth-order valence-corrected chi connectivity index (χ4v) is 2.93. The molecule has 0 saturated heterocycles. The molecule has 2 aromatic heterocycles. The van der Waals surface area contributed by atoms with Gasteiger partial charge in [-0.3, -0.25) is 19.3 Å². The minimum Gasteiger partial charge on any atom is -0.480 e. The van der Waals surface area contributed by atoms with Crippen LogP contribution >= 0.6 is 0 Å². The second-order valence-corrected chi connectivity index (χ2v) is 6.96. The lowest BCUT2D eigenvalue weighted by Crippen LogP contribution is -2.31. The van der Waals surface area contributed by atoms with Gasteiger partial charge in [0.2, 0.25) is 11.7 Å². The van der Waals surface area contributed by atoms with Gasteiger partial charge in [0.1, 0.15) is 11.2 Å². The van der Waals surface area contributed by atoms with Gasteiger partial charge >= 0.3 is 5.97 Å². The van der Waals surface area contributed by atoms with Crippen molar-refractivity contribution >= 4 is 17.6 Å². The van der Waals surface area contributed by atoms with Crippen LogP contribution in [0.1, 0.15) is 12.8 Å². The van der Waals surface area contributed by atoms with Crippen LogP contribution < -0.4 is 10.1 Å². The van der Waals surface area contributed by atoms with Crippen LogP contribution in [0.15, 0.2) is 42.9 Å².